The van der Waals surface area contributed by atoms with Crippen molar-refractivity contribution in [2.45, 2.75) is 26.3 Å². The number of rotatable bonds is 4. The van der Waals surface area contributed by atoms with Gasteiger partial charge in [0.05, 0.1) is 19.4 Å². The van der Waals surface area contributed by atoms with Crippen molar-refractivity contribution in [2.24, 2.45) is 5.73 Å². The Kier molecular flexibility index (Phi) is 3.72. The minimum Gasteiger partial charge on any atom is -0.496 e. The van der Waals surface area contributed by atoms with Gasteiger partial charge >= 0.3 is 0 Å². The molecule has 2 rings (SSSR count). The molecule has 0 aliphatic heterocycles. The van der Waals surface area contributed by atoms with Crippen LogP contribution in [0.2, 0.25) is 0 Å². The summed E-state index contributed by atoms with van der Waals surface area (Å²) in [5.41, 5.74) is 9.52. The van der Waals surface area contributed by atoms with Crippen LogP contribution in [0.15, 0.2) is 34.9 Å². The molecule has 2 N–H and O–H groups in total. The van der Waals surface area contributed by atoms with Gasteiger partial charge in [-0.2, -0.15) is 0 Å². The van der Waals surface area contributed by atoms with E-state index in [1.165, 1.54) is 0 Å². The molecule has 1 aromatic heterocycles. The van der Waals surface area contributed by atoms with E-state index in [1.807, 2.05) is 25.1 Å². The lowest BCUT2D eigenvalue weighted by atomic mass is 9.97. The number of furan rings is 1. The van der Waals surface area contributed by atoms with E-state index in [0.717, 1.165) is 34.6 Å². The summed E-state index contributed by atoms with van der Waals surface area (Å²) >= 11 is 0. The molecule has 0 bridgehead atoms. The van der Waals surface area contributed by atoms with Crippen molar-refractivity contribution in [3.63, 3.8) is 0 Å². The Labute approximate surface area is 108 Å². The molecule has 0 aliphatic carbocycles. The lowest BCUT2D eigenvalue weighted by molar-refractivity contribution is 0.411. The van der Waals surface area contributed by atoms with Gasteiger partial charge in [0.2, 0.25) is 0 Å². The molecule has 1 unspecified atom stereocenters. The van der Waals surface area contributed by atoms with E-state index >= 15 is 0 Å². The summed E-state index contributed by atoms with van der Waals surface area (Å²) in [6.45, 7) is 4.08. The third-order valence-corrected chi connectivity index (χ3v) is 3.21. The van der Waals surface area contributed by atoms with Gasteiger partial charge in [0, 0.05) is 12.0 Å². The second-order valence-electron chi connectivity index (χ2n) is 4.36. The molecule has 0 radical (unpaired) electrons. The zero-order chi connectivity index (χ0) is 13.1. The van der Waals surface area contributed by atoms with Gasteiger partial charge in [-0.3, -0.25) is 0 Å². The van der Waals surface area contributed by atoms with E-state index in [2.05, 4.69) is 13.0 Å². The van der Waals surface area contributed by atoms with Crippen molar-refractivity contribution < 1.29 is 9.15 Å². The van der Waals surface area contributed by atoms with E-state index in [-0.39, 0.29) is 6.04 Å². The van der Waals surface area contributed by atoms with Gasteiger partial charge in [0.1, 0.15) is 11.5 Å². The van der Waals surface area contributed by atoms with Gasteiger partial charge in [-0.15, -0.1) is 0 Å². The van der Waals surface area contributed by atoms with Crippen molar-refractivity contribution in [3.05, 3.63) is 53.0 Å². The molecule has 1 atom stereocenters. The number of hydrogen-bond acceptors (Lipinski definition) is 3. The normalized spacial score (nSPS) is 12.4. The molecule has 0 spiro atoms. The summed E-state index contributed by atoms with van der Waals surface area (Å²) in [5, 5.41) is 0. The van der Waals surface area contributed by atoms with E-state index in [4.69, 9.17) is 14.9 Å². The predicted octanol–water partition coefficient (Wildman–Crippen LogP) is 3.21. The van der Waals surface area contributed by atoms with E-state index in [0.29, 0.717) is 0 Å². The molecular weight excluding hydrogens is 226 g/mol. The Morgan fingerprint density at radius 1 is 1.33 bits per heavy atom. The summed E-state index contributed by atoms with van der Waals surface area (Å²) in [6.07, 6.45) is 2.55. The van der Waals surface area contributed by atoms with Gasteiger partial charge in [0.15, 0.2) is 0 Å². The lowest BCUT2D eigenvalue weighted by Crippen LogP contribution is -2.13. The number of aryl methyl sites for hydroxylation is 2. The molecule has 96 valence electrons. The standard InChI is InChI=1S/C15H19NO2/c1-4-13-12(7-8-18-13)15(16)11-5-6-14(17-3)10(2)9-11/h5-9,15H,4,16H2,1-3H3. The highest BCUT2D eigenvalue weighted by molar-refractivity contribution is 5.41. The fraction of sp³-hybridized carbons (Fsp3) is 0.333. The fourth-order valence-corrected chi connectivity index (χ4v) is 2.19. The minimum atomic E-state index is -0.150. The largest absolute Gasteiger partial charge is 0.496 e. The van der Waals surface area contributed by atoms with Crippen LogP contribution in [-0.2, 0) is 6.42 Å². The Morgan fingerprint density at radius 2 is 2.11 bits per heavy atom. The third kappa shape index (κ3) is 2.27. The average molecular weight is 245 g/mol. The van der Waals surface area contributed by atoms with Crippen LogP contribution in [0.4, 0.5) is 0 Å². The van der Waals surface area contributed by atoms with Crippen molar-refractivity contribution >= 4 is 0 Å². The molecule has 1 heterocycles. The number of benzene rings is 1. The predicted molar refractivity (Wildman–Crippen MR) is 71.8 cm³/mol. The van der Waals surface area contributed by atoms with Crippen LogP contribution in [0.25, 0.3) is 0 Å². The summed E-state index contributed by atoms with van der Waals surface area (Å²) in [4.78, 5) is 0. The Balaban J connectivity index is 2.34. The maximum absolute atomic E-state index is 6.30. The topological polar surface area (TPSA) is 48.4 Å². The zero-order valence-electron chi connectivity index (χ0n) is 11.1. The summed E-state index contributed by atoms with van der Waals surface area (Å²) in [7, 11) is 1.67. The van der Waals surface area contributed by atoms with Crippen LogP contribution < -0.4 is 10.5 Å². The Morgan fingerprint density at radius 3 is 2.72 bits per heavy atom. The first-order valence-electron chi connectivity index (χ1n) is 6.13. The molecule has 3 heteroatoms. The van der Waals surface area contributed by atoms with E-state index in [1.54, 1.807) is 13.4 Å². The van der Waals surface area contributed by atoms with Crippen LogP contribution >= 0.6 is 0 Å². The SMILES string of the molecule is CCc1occc1C(N)c1ccc(OC)c(C)c1. The van der Waals surface area contributed by atoms with Crippen LogP contribution in [0, 0.1) is 6.92 Å². The summed E-state index contributed by atoms with van der Waals surface area (Å²) < 4.78 is 10.7. The number of methoxy groups -OCH3 is 1. The fourth-order valence-electron chi connectivity index (χ4n) is 2.19. The quantitative estimate of drug-likeness (QED) is 0.899. The molecule has 1 aromatic carbocycles. The highest BCUT2D eigenvalue weighted by Crippen LogP contribution is 2.27. The highest BCUT2D eigenvalue weighted by Gasteiger charge is 2.15. The minimum absolute atomic E-state index is 0.150. The first-order valence-corrected chi connectivity index (χ1v) is 6.13. The maximum Gasteiger partial charge on any atom is 0.121 e. The number of nitrogens with two attached hydrogens (primary N) is 1. The van der Waals surface area contributed by atoms with Gasteiger partial charge in [0.25, 0.3) is 0 Å². The van der Waals surface area contributed by atoms with Crippen molar-refractivity contribution in [2.75, 3.05) is 7.11 Å². The molecule has 0 saturated carbocycles. The summed E-state index contributed by atoms with van der Waals surface area (Å²) in [5.74, 6) is 1.84. The molecular formula is C15H19NO2. The smallest absolute Gasteiger partial charge is 0.121 e. The molecule has 0 fully saturated rings. The van der Waals surface area contributed by atoms with Gasteiger partial charge < -0.3 is 14.9 Å². The van der Waals surface area contributed by atoms with Gasteiger partial charge in [-0.1, -0.05) is 19.1 Å². The molecule has 3 nitrogen and oxygen atoms in total. The Hall–Kier alpha value is -1.74. The maximum atomic E-state index is 6.30. The zero-order valence-corrected chi connectivity index (χ0v) is 11.1. The molecule has 0 amide bonds. The molecule has 18 heavy (non-hydrogen) atoms. The lowest BCUT2D eigenvalue weighted by Gasteiger charge is -2.14. The van der Waals surface area contributed by atoms with Crippen LogP contribution in [0.3, 0.4) is 0 Å². The summed E-state index contributed by atoms with van der Waals surface area (Å²) in [6, 6.07) is 7.82. The third-order valence-electron chi connectivity index (χ3n) is 3.21. The van der Waals surface area contributed by atoms with Crippen LogP contribution in [-0.4, -0.2) is 7.11 Å². The molecule has 0 saturated heterocycles. The van der Waals surface area contributed by atoms with Crippen LogP contribution in [0.1, 0.15) is 35.4 Å². The number of ether oxygens (including phenoxy) is 1. The monoisotopic (exact) mass is 245 g/mol. The first-order chi connectivity index (χ1) is 8.67. The Bertz CT molecular complexity index is 531. The van der Waals surface area contributed by atoms with E-state index in [9.17, 15) is 0 Å². The molecule has 0 aliphatic rings. The van der Waals surface area contributed by atoms with Gasteiger partial charge in [-0.25, -0.2) is 0 Å². The average Bonchev–Trinajstić information content (AvgIpc) is 2.86. The highest BCUT2D eigenvalue weighted by atomic mass is 16.5. The van der Waals surface area contributed by atoms with Gasteiger partial charge in [-0.05, 0) is 30.2 Å². The van der Waals surface area contributed by atoms with Crippen molar-refractivity contribution in [3.8, 4) is 5.75 Å². The van der Waals surface area contributed by atoms with E-state index < -0.39 is 0 Å². The molecule has 2 aromatic rings. The van der Waals surface area contributed by atoms with Crippen molar-refractivity contribution in [1.29, 1.82) is 0 Å². The van der Waals surface area contributed by atoms with Crippen molar-refractivity contribution in [1.82, 2.24) is 0 Å². The second-order valence-corrected chi connectivity index (χ2v) is 4.36. The van der Waals surface area contributed by atoms with Crippen LogP contribution in [0.5, 0.6) is 5.75 Å². The first kappa shape index (κ1) is 12.7. The number of hydrogen-bond donors (Lipinski definition) is 1. The second kappa shape index (κ2) is 5.27.